The highest BCUT2D eigenvalue weighted by Gasteiger charge is 2.02. The van der Waals surface area contributed by atoms with Crippen LogP contribution in [0.15, 0.2) is 22.1 Å². The van der Waals surface area contributed by atoms with Crippen molar-refractivity contribution in [2.75, 3.05) is 0 Å². The molecule has 5 heteroatoms. The molecule has 0 saturated heterocycles. The molecule has 0 aliphatic rings. The van der Waals surface area contributed by atoms with Gasteiger partial charge in [-0.3, -0.25) is 4.79 Å². The Hall–Kier alpha value is -0.940. The summed E-state index contributed by atoms with van der Waals surface area (Å²) >= 11 is 4.79. The minimum absolute atomic E-state index is 0.414. The summed E-state index contributed by atoms with van der Waals surface area (Å²) in [6.45, 7) is 0.414. The van der Waals surface area contributed by atoms with E-state index in [0.717, 1.165) is 14.1 Å². The summed E-state index contributed by atoms with van der Waals surface area (Å²) in [5, 5.41) is 0. The van der Waals surface area contributed by atoms with Gasteiger partial charge in [0.25, 0.3) is 6.47 Å². The summed E-state index contributed by atoms with van der Waals surface area (Å²) in [5.74, 6) is 0.540. The van der Waals surface area contributed by atoms with E-state index in [-0.39, 0.29) is 0 Å². The Morgan fingerprint density at radius 2 is 2.38 bits per heavy atom. The van der Waals surface area contributed by atoms with E-state index in [9.17, 15) is 4.79 Å². The summed E-state index contributed by atoms with van der Waals surface area (Å²) in [6.07, 6.45) is 0. The van der Waals surface area contributed by atoms with Gasteiger partial charge in [0.15, 0.2) is 3.92 Å². The Bertz CT molecular complexity index is 454. The van der Waals surface area contributed by atoms with Gasteiger partial charge in [-0.15, -0.1) is 11.3 Å². The van der Waals surface area contributed by atoms with Gasteiger partial charge in [-0.25, -0.2) is 4.98 Å². The highest BCUT2D eigenvalue weighted by molar-refractivity contribution is 9.11. The van der Waals surface area contributed by atoms with E-state index in [1.54, 1.807) is 12.1 Å². The van der Waals surface area contributed by atoms with E-state index in [1.807, 2.05) is 6.07 Å². The third-order valence-electron chi connectivity index (χ3n) is 1.52. The van der Waals surface area contributed by atoms with Crippen LogP contribution in [-0.2, 0) is 4.79 Å². The summed E-state index contributed by atoms with van der Waals surface area (Å²) in [7, 11) is 0. The number of hydrogen-bond acceptors (Lipinski definition) is 4. The lowest BCUT2D eigenvalue weighted by Crippen LogP contribution is -1.86. The molecule has 0 spiro atoms. The van der Waals surface area contributed by atoms with Gasteiger partial charge in [0, 0.05) is 6.07 Å². The molecular formula is C8H4BrNO2S. The van der Waals surface area contributed by atoms with Crippen LogP contribution < -0.4 is 4.74 Å². The van der Waals surface area contributed by atoms with Crippen molar-refractivity contribution in [3.05, 3.63) is 22.1 Å². The molecule has 0 unspecified atom stereocenters. The van der Waals surface area contributed by atoms with Crippen LogP contribution in [-0.4, -0.2) is 11.5 Å². The molecule has 1 aromatic carbocycles. The van der Waals surface area contributed by atoms with Crippen LogP contribution in [0.3, 0.4) is 0 Å². The number of hydrogen-bond donors (Lipinski definition) is 0. The zero-order chi connectivity index (χ0) is 9.26. The number of rotatable bonds is 2. The van der Waals surface area contributed by atoms with Crippen molar-refractivity contribution in [1.82, 2.24) is 4.98 Å². The van der Waals surface area contributed by atoms with E-state index in [0.29, 0.717) is 12.2 Å². The average molecular weight is 258 g/mol. The van der Waals surface area contributed by atoms with Crippen molar-refractivity contribution in [3.63, 3.8) is 0 Å². The fraction of sp³-hybridized carbons (Fsp3) is 0. The molecule has 2 aromatic rings. The number of nitrogens with zero attached hydrogens (tertiary/aromatic N) is 1. The number of ether oxygens (including phenoxy) is 1. The van der Waals surface area contributed by atoms with E-state index >= 15 is 0 Å². The molecule has 0 amide bonds. The first kappa shape index (κ1) is 8.65. The fourth-order valence-corrected chi connectivity index (χ4v) is 2.44. The molecule has 0 bridgehead atoms. The first-order valence-electron chi connectivity index (χ1n) is 3.46. The Balaban J connectivity index is 2.54. The van der Waals surface area contributed by atoms with E-state index in [1.165, 1.54) is 11.3 Å². The third-order valence-corrected chi connectivity index (χ3v) is 2.99. The molecule has 1 heterocycles. The van der Waals surface area contributed by atoms with Crippen molar-refractivity contribution in [3.8, 4) is 5.75 Å². The van der Waals surface area contributed by atoms with Crippen LogP contribution in [0, 0.1) is 0 Å². The average Bonchev–Trinajstić information content (AvgIpc) is 2.44. The smallest absolute Gasteiger partial charge is 0.298 e. The van der Waals surface area contributed by atoms with Gasteiger partial charge in [0.2, 0.25) is 0 Å². The molecule has 0 N–H and O–H groups in total. The molecule has 13 heavy (non-hydrogen) atoms. The Labute approximate surface area is 86.5 Å². The topological polar surface area (TPSA) is 39.2 Å². The molecule has 0 aliphatic heterocycles. The van der Waals surface area contributed by atoms with Crippen molar-refractivity contribution >= 4 is 44.0 Å². The zero-order valence-electron chi connectivity index (χ0n) is 6.36. The molecule has 66 valence electrons. The normalized spacial score (nSPS) is 10.2. The van der Waals surface area contributed by atoms with Crippen molar-refractivity contribution in [1.29, 1.82) is 0 Å². The monoisotopic (exact) mass is 257 g/mol. The minimum Gasteiger partial charge on any atom is -0.429 e. The number of thiazole rings is 1. The molecule has 0 fully saturated rings. The number of halogens is 1. The van der Waals surface area contributed by atoms with Crippen molar-refractivity contribution in [2.45, 2.75) is 0 Å². The lowest BCUT2D eigenvalue weighted by Gasteiger charge is -1.94. The maximum atomic E-state index is 10.1. The van der Waals surface area contributed by atoms with Crippen LogP contribution >= 0.6 is 27.3 Å². The number of carbonyl (C=O) groups is 1. The summed E-state index contributed by atoms with van der Waals surface area (Å²) < 4.78 is 6.52. The lowest BCUT2D eigenvalue weighted by atomic mass is 10.3. The van der Waals surface area contributed by atoms with E-state index in [2.05, 4.69) is 20.9 Å². The quantitative estimate of drug-likeness (QED) is 0.777. The SMILES string of the molecule is O=COc1ccc2nc(Br)sc2c1. The van der Waals surface area contributed by atoms with Gasteiger partial charge in [-0.05, 0) is 28.1 Å². The Morgan fingerprint density at radius 1 is 1.54 bits per heavy atom. The molecule has 2 rings (SSSR count). The highest BCUT2D eigenvalue weighted by atomic mass is 79.9. The predicted octanol–water partition coefficient (Wildman–Crippen LogP) is 2.59. The first-order valence-corrected chi connectivity index (χ1v) is 5.07. The van der Waals surface area contributed by atoms with E-state index < -0.39 is 0 Å². The molecule has 0 saturated carbocycles. The van der Waals surface area contributed by atoms with Crippen LogP contribution in [0.2, 0.25) is 0 Å². The van der Waals surface area contributed by atoms with Gasteiger partial charge in [-0.2, -0.15) is 0 Å². The molecule has 0 aliphatic carbocycles. The molecule has 0 atom stereocenters. The second-order valence-corrected chi connectivity index (χ2v) is 4.62. The largest absolute Gasteiger partial charge is 0.429 e. The zero-order valence-corrected chi connectivity index (χ0v) is 8.76. The van der Waals surface area contributed by atoms with Gasteiger partial charge >= 0.3 is 0 Å². The van der Waals surface area contributed by atoms with Crippen LogP contribution in [0.5, 0.6) is 5.75 Å². The Morgan fingerprint density at radius 3 is 3.15 bits per heavy atom. The summed E-state index contributed by atoms with van der Waals surface area (Å²) in [4.78, 5) is 14.3. The standard InChI is InChI=1S/C8H4BrNO2S/c9-8-10-6-2-1-5(12-4-11)3-7(6)13-8/h1-4H. The van der Waals surface area contributed by atoms with Crippen molar-refractivity contribution < 1.29 is 9.53 Å². The van der Waals surface area contributed by atoms with Crippen molar-refractivity contribution in [2.24, 2.45) is 0 Å². The van der Waals surface area contributed by atoms with Gasteiger partial charge in [-0.1, -0.05) is 0 Å². The Kier molecular flexibility index (Phi) is 2.28. The van der Waals surface area contributed by atoms with E-state index in [4.69, 9.17) is 4.74 Å². The summed E-state index contributed by atoms with van der Waals surface area (Å²) in [5.41, 5.74) is 0.898. The summed E-state index contributed by atoms with van der Waals surface area (Å²) in [6, 6.07) is 5.31. The number of aromatic nitrogens is 1. The maximum Gasteiger partial charge on any atom is 0.298 e. The third kappa shape index (κ3) is 1.71. The number of benzene rings is 1. The minimum atomic E-state index is 0.414. The molecule has 3 nitrogen and oxygen atoms in total. The van der Waals surface area contributed by atoms with Crippen LogP contribution in [0.4, 0.5) is 0 Å². The second kappa shape index (κ2) is 3.43. The number of fused-ring (bicyclic) bond motifs is 1. The first-order chi connectivity index (χ1) is 6.29. The lowest BCUT2D eigenvalue weighted by molar-refractivity contribution is -0.120. The predicted molar refractivity (Wildman–Crippen MR) is 54.0 cm³/mol. The molecule has 0 radical (unpaired) electrons. The highest BCUT2D eigenvalue weighted by Crippen LogP contribution is 2.28. The van der Waals surface area contributed by atoms with Gasteiger partial charge < -0.3 is 4.74 Å². The molecular weight excluding hydrogens is 254 g/mol. The van der Waals surface area contributed by atoms with Crippen LogP contribution in [0.1, 0.15) is 0 Å². The van der Waals surface area contributed by atoms with Gasteiger partial charge in [0.1, 0.15) is 5.75 Å². The van der Waals surface area contributed by atoms with Crippen LogP contribution in [0.25, 0.3) is 10.2 Å². The number of carbonyl (C=O) groups excluding carboxylic acids is 1. The fourth-order valence-electron chi connectivity index (χ4n) is 1.01. The molecule has 1 aromatic heterocycles. The maximum absolute atomic E-state index is 10.1. The van der Waals surface area contributed by atoms with Gasteiger partial charge in [0.05, 0.1) is 10.2 Å². The second-order valence-electron chi connectivity index (χ2n) is 2.31.